The lowest BCUT2D eigenvalue weighted by Gasteiger charge is -2.46. The number of nitrogens with zero attached hydrogens (tertiary/aromatic N) is 6. The van der Waals surface area contributed by atoms with Crippen LogP contribution in [0.4, 0.5) is 30.4 Å². The zero-order valence-electron chi connectivity index (χ0n) is 20.6. The van der Waals surface area contributed by atoms with Crippen molar-refractivity contribution >= 4 is 29.0 Å². The lowest BCUT2D eigenvalue weighted by atomic mass is 10.0. The molecule has 2 aromatic rings. The Morgan fingerprint density at radius 3 is 2.82 bits per heavy atom. The molecule has 0 unspecified atom stereocenters. The number of pyridine rings is 1. The van der Waals surface area contributed by atoms with Crippen LogP contribution in [0.15, 0.2) is 23.3 Å². The number of aromatic nitrogens is 3. The van der Waals surface area contributed by atoms with Crippen molar-refractivity contribution in [3.63, 3.8) is 0 Å². The van der Waals surface area contributed by atoms with E-state index in [-0.39, 0.29) is 38.0 Å². The molecule has 4 rings (SSSR count). The number of likely N-dealkylation sites (N-methyl/N-ethyl adjacent to an activating group) is 1. The van der Waals surface area contributed by atoms with Gasteiger partial charge in [0.15, 0.2) is 5.82 Å². The van der Waals surface area contributed by atoms with E-state index in [1.165, 1.54) is 11.1 Å². The quantitative estimate of drug-likeness (QED) is 0.496. The maximum atomic E-state index is 13.2. The fraction of sp³-hybridized carbons (Fsp3) is 0.478. The van der Waals surface area contributed by atoms with Crippen LogP contribution in [0.2, 0.25) is 0 Å². The molecule has 0 aliphatic carbocycles. The van der Waals surface area contributed by atoms with Crippen LogP contribution < -0.4 is 20.7 Å². The SMILES string of the molecule is C[C@@H](COCCC(=O)N1CCN2c3ncc(C#N)cc3N(C)C(=O)[C@@H]2C1)Nc1cn[nH]c(=O)c1C(F)(F)F. The molecule has 0 spiro atoms. The minimum Gasteiger partial charge on any atom is -0.379 e. The molecule has 2 aliphatic heterocycles. The number of carbonyl (C=O) groups excluding carboxylic acids is 2. The van der Waals surface area contributed by atoms with Crippen LogP contribution in [0.1, 0.15) is 24.5 Å². The maximum Gasteiger partial charge on any atom is 0.423 e. The number of alkyl halides is 3. The molecule has 2 atom stereocenters. The van der Waals surface area contributed by atoms with Gasteiger partial charge in [0.05, 0.1) is 49.3 Å². The van der Waals surface area contributed by atoms with E-state index in [2.05, 4.69) is 15.4 Å². The summed E-state index contributed by atoms with van der Waals surface area (Å²) in [7, 11) is 1.60. The second-order valence-electron chi connectivity index (χ2n) is 8.98. The number of H-pyrrole nitrogens is 1. The molecule has 1 saturated heterocycles. The number of nitriles is 1. The highest BCUT2D eigenvalue weighted by atomic mass is 19.4. The molecule has 202 valence electrons. The number of hydrogen-bond donors (Lipinski definition) is 2. The zero-order chi connectivity index (χ0) is 27.6. The number of carbonyl (C=O) groups is 2. The second-order valence-corrected chi connectivity index (χ2v) is 8.98. The normalized spacial score (nSPS) is 17.9. The molecule has 2 amide bonds. The predicted octanol–water partition coefficient (Wildman–Crippen LogP) is 0.956. The van der Waals surface area contributed by atoms with Gasteiger partial charge in [-0.2, -0.15) is 23.5 Å². The lowest BCUT2D eigenvalue weighted by molar-refractivity contribution is -0.138. The van der Waals surface area contributed by atoms with Gasteiger partial charge in [-0.15, -0.1) is 0 Å². The fourth-order valence-electron chi connectivity index (χ4n) is 4.47. The summed E-state index contributed by atoms with van der Waals surface area (Å²) >= 11 is 0. The van der Waals surface area contributed by atoms with Crippen LogP contribution in [-0.4, -0.2) is 83.9 Å². The molecule has 1 fully saturated rings. The largest absolute Gasteiger partial charge is 0.423 e. The minimum absolute atomic E-state index is 0.0181. The number of piperazine rings is 1. The summed E-state index contributed by atoms with van der Waals surface area (Å²) in [6.07, 6.45) is -2.52. The van der Waals surface area contributed by atoms with Crippen molar-refractivity contribution in [2.45, 2.75) is 31.6 Å². The Hall–Kier alpha value is -4.19. The predicted molar refractivity (Wildman–Crippen MR) is 128 cm³/mol. The summed E-state index contributed by atoms with van der Waals surface area (Å²) in [4.78, 5) is 46.6. The van der Waals surface area contributed by atoms with Gasteiger partial charge < -0.3 is 24.8 Å². The number of halogens is 3. The highest BCUT2D eigenvalue weighted by Gasteiger charge is 2.42. The highest BCUT2D eigenvalue weighted by Crippen LogP contribution is 2.35. The van der Waals surface area contributed by atoms with Crippen molar-refractivity contribution in [1.29, 1.82) is 5.26 Å². The molecule has 4 heterocycles. The Balaban J connectivity index is 1.29. The van der Waals surface area contributed by atoms with Crippen LogP contribution in [0.3, 0.4) is 0 Å². The van der Waals surface area contributed by atoms with Crippen molar-refractivity contribution in [1.82, 2.24) is 20.1 Å². The molecule has 15 heteroatoms. The van der Waals surface area contributed by atoms with Crippen LogP contribution in [-0.2, 0) is 20.5 Å². The molecule has 0 saturated carbocycles. The van der Waals surface area contributed by atoms with E-state index in [1.54, 1.807) is 30.0 Å². The summed E-state index contributed by atoms with van der Waals surface area (Å²) in [5, 5.41) is 16.9. The number of amides is 2. The van der Waals surface area contributed by atoms with Crippen LogP contribution in [0.5, 0.6) is 0 Å². The topological polar surface area (TPSA) is 148 Å². The number of hydrogen-bond acceptors (Lipinski definition) is 9. The van der Waals surface area contributed by atoms with E-state index in [1.807, 2.05) is 11.0 Å². The third-order valence-electron chi connectivity index (χ3n) is 6.33. The Morgan fingerprint density at radius 2 is 2.11 bits per heavy atom. The van der Waals surface area contributed by atoms with Crippen molar-refractivity contribution in [2.75, 3.05) is 55.0 Å². The maximum absolute atomic E-state index is 13.2. The molecule has 2 N–H and O–H groups in total. The van der Waals surface area contributed by atoms with Gasteiger partial charge in [0.25, 0.3) is 11.5 Å². The van der Waals surface area contributed by atoms with Crippen molar-refractivity contribution < 1.29 is 27.5 Å². The van der Waals surface area contributed by atoms with E-state index in [9.17, 15) is 27.6 Å². The first kappa shape index (κ1) is 26.9. The van der Waals surface area contributed by atoms with Crippen molar-refractivity contribution in [3.05, 3.63) is 39.9 Å². The van der Waals surface area contributed by atoms with Gasteiger partial charge in [0, 0.05) is 32.4 Å². The number of ether oxygens (including phenoxy) is 1. The molecular weight excluding hydrogens is 509 g/mol. The average molecular weight is 534 g/mol. The Morgan fingerprint density at radius 1 is 1.34 bits per heavy atom. The van der Waals surface area contributed by atoms with Gasteiger partial charge in [-0.1, -0.05) is 0 Å². The zero-order valence-corrected chi connectivity index (χ0v) is 20.6. The first-order valence-electron chi connectivity index (χ1n) is 11.7. The summed E-state index contributed by atoms with van der Waals surface area (Å²) in [5.74, 6) is 0.144. The summed E-state index contributed by atoms with van der Waals surface area (Å²) in [5.41, 5.74) is -2.31. The standard InChI is InChI=1S/C23H25F3N8O4/c1-13(30-15-10-29-31-21(36)19(15)23(24,25)26)12-38-6-3-18(35)33-4-5-34-17(11-33)22(37)32(2)16-7-14(8-27)9-28-20(16)34/h7,9-10,13,17H,3-6,11-12H2,1-2H3,(H2,30,31,36)/t13-,17-/m0/s1. The lowest BCUT2D eigenvalue weighted by Crippen LogP contribution is -2.63. The second kappa shape index (κ2) is 10.7. The van der Waals surface area contributed by atoms with E-state index < -0.39 is 35.1 Å². The summed E-state index contributed by atoms with van der Waals surface area (Å²) in [6, 6.07) is 2.40. The van der Waals surface area contributed by atoms with Crippen molar-refractivity contribution in [2.24, 2.45) is 0 Å². The first-order chi connectivity index (χ1) is 18.0. The minimum atomic E-state index is -4.86. The van der Waals surface area contributed by atoms with Crippen LogP contribution in [0, 0.1) is 11.3 Å². The van der Waals surface area contributed by atoms with Gasteiger partial charge in [0.2, 0.25) is 5.91 Å². The van der Waals surface area contributed by atoms with Gasteiger partial charge in [0.1, 0.15) is 17.7 Å². The van der Waals surface area contributed by atoms with Gasteiger partial charge in [-0.3, -0.25) is 14.4 Å². The molecule has 0 aromatic carbocycles. The third kappa shape index (κ3) is 5.40. The number of aromatic amines is 1. The van der Waals surface area contributed by atoms with Gasteiger partial charge in [-0.25, -0.2) is 10.1 Å². The van der Waals surface area contributed by atoms with Gasteiger partial charge >= 0.3 is 6.18 Å². The molecule has 2 aliphatic rings. The molecule has 0 radical (unpaired) electrons. The van der Waals surface area contributed by atoms with Crippen LogP contribution in [0.25, 0.3) is 0 Å². The number of rotatable bonds is 7. The Bertz CT molecular complexity index is 1320. The monoisotopic (exact) mass is 534 g/mol. The molecule has 12 nitrogen and oxygen atoms in total. The third-order valence-corrected chi connectivity index (χ3v) is 6.33. The van der Waals surface area contributed by atoms with E-state index in [0.29, 0.717) is 30.2 Å². The van der Waals surface area contributed by atoms with E-state index in [0.717, 1.165) is 6.20 Å². The summed E-state index contributed by atoms with van der Waals surface area (Å²) in [6.45, 7) is 2.47. The fourth-order valence-corrected chi connectivity index (χ4v) is 4.47. The smallest absolute Gasteiger partial charge is 0.379 e. The highest BCUT2D eigenvalue weighted by molar-refractivity contribution is 6.05. The number of fused-ring (bicyclic) bond motifs is 3. The van der Waals surface area contributed by atoms with Gasteiger partial charge in [-0.05, 0) is 13.0 Å². The molecule has 0 bridgehead atoms. The molecule has 38 heavy (non-hydrogen) atoms. The average Bonchev–Trinajstić information content (AvgIpc) is 2.88. The molecular formula is C23H25F3N8O4. The Kier molecular flexibility index (Phi) is 7.53. The number of nitrogens with one attached hydrogen (secondary N) is 2. The van der Waals surface area contributed by atoms with E-state index >= 15 is 0 Å². The first-order valence-corrected chi connectivity index (χ1v) is 11.7. The Labute approximate surface area is 215 Å². The summed E-state index contributed by atoms with van der Waals surface area (Å²) < 4.78 is 45.0. The van der Waals surface area contributed by atoms with Crippen LogP contribution >= 0.6 is 0 Å². The van der Waals surface area contributed by atoms with E-state index in [4.69, 9.17) is 10.00 Å². The van der Waals surface area contributed by atoms with Crippen molar-refractivity contribution in [3.8, 4) is 6.07 Å². The molecule has 2 aromatic heterocycles. The number of anilines is 3.